The van der Waals surface area contributed by atoms with Gasteiger partial charge in [-0.1, -0.05) is 38.5 Å². The molecule has 0 radical (unpaired) electrons. The summed E-state index contributed by atoms with van der Waals surface area (Å²) in [6.07, 6.45) is 11.2. The molecule has 52 heavy (non-hydrogen) atoms. The van der Waals surface area contributed by atoms with E-state index in [-0.39, 0.29) is 80.4 Å². The minimum absolute atomic E-state index is 0. The van der Waals surface area contributed by atoms with Crippen molar-refractivity contribution < 1.29 is 101 Å². The van der Waals surface area contributed by atoms with Gasteiger partial charge in [-0.15, -0.1) is 5.06 Å². The molecule has 5 rings (SSSR count). The third-order valence-corrected chi connectivity index (χ3v) is 11.3. The Bertz CT molecular complexity index is 2140. The van der Waals surface area contributed by atoms with Crippen molar-refractivity contribution in [2.45, 2.75) is 86.8 Å². The fourth-order valence-corrected chi connectivity index (χ4v) is 7.91. The van der Waals surface area contributed by atoms with Crippen LogP contribution in [-0.2, 0) is 50.3 Å². The summed E-state index contributed by atoms with van der Waals surface area (Å²) in [7, 11) is -7.16. The zero-order chi connectivity index (χ0) is 37.5. The molecule has 272 valence electrons. The van der Waals surface area contributed by atoms with Crippen molar-refractivity contribution in [1.29, 1.82) is 0 Å². The van der Waals surface area contributed by atoms with E-state index in [0.717, 1.165) is 28.3 Å². The number of fused-ring (bicyclic) bond motifs is 2. The van der Waals surface area contributed by atoms with Crippen molar-refractivity contribution in [2.75, 3.05) is 18.5 Å². The van der Waals surface area contributed by atoms with Crippen LogP contribution in [0.2, 0.25) is 0 Å². The van der Waals surface area contributed by atoms with Gasteiger partial charge in [-0.25, -0.2) is 13.2 Å². The molecule has 0 unspecified atom stereocenters. The van der Waals surface area contributed by atoms with Crippen LogP contribution >= 0.6 is 0 Å². The number of unbranched alkanes of at least 4 members (excludes halogenated alkanes) is 2. The van der Waals surface area contributed by atoms with Crippen LogP contribution in [-0.4, -0.2) is 72.7 Å². The number of nitrogens with zero attached hydrogens (tertiary/aromatic N) is 3. The molecule has 3 heterocycles. The molecule has 2 aromatic rings. The Labute approximate surface area is 347 Å². The second kappa shape index (κ2) is 15.9. The molecule has 0 saturated carbocycles. The Morgan fingerprint density at radius 2 is 1.54 bits per heavy atom. The Morgan fingerprint density at radius 3 is 2.17 bits per heavy atom. The number of anilines is 1. The fourth-order valence-electron chi connectivity index (χ4n) is 6.91. The standard InChI is InChI=1S/C36H41N3O10S2.K/c1-35(2)26-22-24(50(43,44)45)15-17-28(26)37(5)30(35)12-8-6-9-13-31-36(3,4)27-23-25(51(46,47)48)16-18-29(27)38(31)21-11-7-10-14-34(42)49-39-32(40)19-20-33(39)41;/h6,8-9,12-13,15-18,22-23H,7,10-11,14,19-21H2,1-5H3,(H-,43,44,45,46,47,48);/q;+1. The van der Waals surface area contributed by atoms with Crippen molar-refractivity contribution in [3.8, 4) is 0 Å². The number of amides is 2. The number of allylic oxidation sites excluding steroid dienone is 6. The van der Waals surface area contributed by atoms with Gasteiger partial charge in [-0.2, -0.15) is 13.0 Å². The van der Waals surface area contributed by atoms with Crippen LogP contribution in [0.4, 0.5) is 11.4 Å². The second-order valence-corrected chi connectivity index (χ2v) is 16.6. The topological polar surface area (TPSA) is 181 Å². The minimum Gasteiger partial charge on any atom is -0.744 e. The van der Waals surface area contributed by atoms with E-state index in [1.165, 1.54) is 24.3 Å². The smallest absolute Gasteiger partial charge is 0.744 e. The van der Waals surface area contributed by atoms with Crippen molar-refractivity contribution in [2.24, 2.45) is 0 Å². The molecule has 16 heteroatoms. The van der Waals surface area contributed by atoms with Crippen molar-refractivity contribution in [1.82, 2.24) is 5.06 Å². The van der Waals surface area contributed by atoms with Gasteiger partial charge >= 0.3 is 57.4 Å². The number of hydroxylamine groups is 2. The maximum absolute atomic E-state index is 12.2. The zero-order valence-electron chi connectivity index (χ0n) is 30.1. The third-order valence-electron chi connectivity index (χ3n) is 9.65. The van der Waals surface area contributed by atoms with E-state index in [0.29, 0.717) is 36.4 Å². The van der Waals surface area contributed by atoms with Gasteiger partial charge in [0.1, 0.15) is 17.2 Å². The molecular weight excluding hydrogens is 738 g/mol. The van der Waals surface area contributed by atoms with Crippen LogP contribution in [0.25, 0.3) is 0 Å². The van der Waals surface area contributed by atoms with Crippen molar-refractivity contribution in [3.05, 3.63) is 83.6 Å². The molecule has 1 saturated heterocycles. The SMILES string of the molecule is C[N+]1=C(C=CC=CC=C2N(CCCCCC(=O)ON3C(=O)CCC3=O)c3ccc(S(=O)(=O)[O-])cc3C2(C)C)C(C)(C)c2cc(S(=O)(=O)O)ccc21.[K+]. The van der Waals surface area contributed by atoms with Gasteiger partial charge in [-0.3, -0.25) is 14.1 Å². The maximum Gasteiger partial charge on any atom is 1.00 e. The van der Waals surface area contributed by atoms with Gasteiger partial charge in [0.2, 0.25) is 5.69 Å². The summed E-state index contributed by atoms with van der Waals surface area (Å²) in [6.45, 7) is 8.36. The molecule has 0 aromatic heterocycles. The van der Waals surface area contributed by atoms with Gasteiger partial charge in [0.25, 0.3) is 21.9 Å². The molecule has 1 N–H and O–H groups in total. The summed E-state index contributed by atoms with van der Waals surface area (Å²) in [5.74, 6) is -1.72. The number of carbonyl (C=O) groups excluding carboxylic acids is 3. The van der Waals surface area contributed by atoms with E-state index in [9.17, 15) is 40.3 Å². The number of carbonyl (C=O) groups is 3. The number of hydrogen-bond donors (Lipinski definition) is 1. The number of rotatable bonds is 12. The number of imide groups is 1. The van der Waals surface area contributed by atoms with E-state index in [4.69, 9.17) is 4.84 Å². The van der Waals surface area contributed by atoms with Gasteiger partial charge in [-0.05, 0) is 68.7 Å². The number of benzene rings is 2. The molecule has 0 atom stereocenters. The fraction of sp³-hybridized carbons (Fsp3) is 0.389. The molecule has 0 bridgehead atoms. The van der Waals surface area contributed by atoms with Crippen LogP contribution in [0.1, 0.15) is 77.3 Å². The minimum atomic E-state index is -4.68. The molecular formula is C36H41KN3O10S2+. The summed E-state index contributed by atoms with van der Waals surface area (Å²) in [6, 6.07) is 8.89. The molecule has 2 aromatic carbocycles. The van der Waals surface area contributed by atoms with Crippen LogP contribution in [0.5, 0.6) is 0 Å². The molecule has 13 nitrogen and oxygen atoms in total. The van der Waals surface area contributed by atoms with Gasteiger partial charge in [0.15, 0.2) is 5.71 Å². The average Bonchev–Trinajstić information content (AvgIpc) is 3.54. The van der Waals surface area contributed by atoms with Crippen LogP contribution in [0.3, 0.4) is 0 Å². The zero-order valence-corrected chi connectivity index (χ0v) is 34.8. The van der Waals surface area contributed by atoms with Gasteiger partial charge in [0.05, 0.1) is 15.2 Å². The van der Waals surface area contributed by atoms with Gasteiger partial charge < -0.3 is 14.3 Å². The summed E-state index contributed by atoms with van der Waals surface area (Å²) >= 11 is 0. The summed E-state index contributed by atoms with van der Waals surface area (Å²) in [4.78, 5) is 42.2. The molecule has 2 amide bonds. The van der Waals surface area contributed by atoms with Crippen molar-refractivity contribution in [3.63, 3.8) is 0 Å². The first-order chi connectivity index (χ1) is 23.7. The van der Waals surface area contributed by atoms with Gasteiger partial charge in [0, 0.05) is 60.3 Å². The van der Waals surface area contributed by atoms with Crippen LogP contribution in [0, 0.1) is 0 Å². The Hall–Kier alpha value is -2.80. The molecule has 3 aliphatic heterocycles. The Morgan fingerprint density at radius 1 is 0.904 bits per heavy atom. The average molecular weight is 779 g/mol. The summed E-state index contributed by atoms with van der Waals surface area (Å²) in [5, 5.41) is 0.536. The Balaban J connectivity index is 0.00000605. The van der Waals surface area contributed by atoms with E-state index in [1.807, 2.05) is 69.7 Å². The first-order valence-electron chi connectivity index (χ1n) is 16.5. The van der Waals surface area contributed by atoms with E-state index >= 15 is 0 Å². The van der Waals surface area contributed by atoms with Crippen molar-refractivity contribution >= 4 is 55.1 Å². The Kier molecular flexibility index (Phi) is 12.8. The van der Waals surface area contributed by atoms with E-state index in [1.54, 1.807) is 12.1 Å². The summed E-state index contributed by atoms with van der Waals surface area (Å²) in [5.41, 5.74) is 3.59. The molecule has 0 aliphatic carbocycles. The van der Waals surface area contributed by atoms with Crippen LogP contribution in [0.15, 0.2) is 82.3 Å². The monoisotopic (exact) mass is 778 g/mol. The quantitative estimate of drug-likeness (QED) is 0.0829. The molecule has 3 aliphatic rings. The maximum atomic E-state index is 12.2. The first-order valence-corrected chi connectivity index (χ1v) is 19.3. The normalized spacial score (nSPS) is 18.9. The van der Waals surface area contributed by atoms with E-state index in [2.05, 4.69) is 4.90 Å². The van der Waals surface area contributed by atoms with Crippen LogP contribution < -0.4 is 56.3 Å². The number of hydrogen-bond acceptors (Lipinski definition) is 10. The first kappa shape index (κ1) is 41.9. The largest absolute Gasteiger partial charge is 1.00 e. The van der Waals surface area contributed by atoms with E-state index < -0.39 is 48.8 Å². The predicted octanol–water partition coefficient (Wildman–Crippen LogP) is 1.81. The summed E-state index contributed by atoms with van der Waals surface area (Å²) < 4.78 is 70.7. The molecule has 0 spiro atoms. The molecule has 1 fully saturated rings. The third kappa shape index (κ3) is 8.60. The second-order valence-electron chi connectivity index (χ2n) is 13.8. The predicted molar refractivity (Wildman–Crippen MR) is 187 cm³/mol.